The maximum atomic E-state index is 11.7. The van der Waals surface area contributed by atoms with Crippen LogP contribution in [0.25, 0.3) is 6.08 Å². The van der Waals surface area contributed by atoms with E-state index in [-0.39, 0.29) is 12.5 Å². The molecule has 0 fully saturated rings. The van der Waals surface area contributed by atoms with Crippen LogP contribution in [0.2, 0.25) is 0 Å². The molecule has 0 radical (unpaired) electrons. The lowest BCUT2D eigenvalue weighted by molar-refractivity contribution is -0.141. The average Bonchev–Trinajstić information content (AvgIpc) is 2.42. The third-order valence-electron chi connectivity index (χ3n) is 3.35. The van der Waals surface area contributed by atoms with E-state index in [0.29, 0.717) is 6.42 Å². The Bertz CT molecular complexity index is 535. The van der Waals surface area contributed by atoms with Gasteiger partial charge in [0.15, 0.2) is 0 Å². The third kappa shape index (κ3) is 5.81. The monoisotopic (exact) mass is 289 g/mol. The minimum Gasteiger partial charge on any atom is -0.481 e. The number of carbonyl (C=O) groups is 2. The first-order chi connectivity index (χ1) is 9.93. The molecule has 1 atom stereocenters. The lowest BCUT2D eigenvalue weighted by Gasteiger charge is -2.11. The Labute approximate surface area is 125 Å². The summed E-state index contributed by atoms with van der Waals surface area (Å²) >= 11 is 0. The lowest BCUT2D eigenvalue weighted by atomic mass is 10.0. The second-order valence-electron chi connectivity index (χ2n) is 5.26. The SMILES string of the molecule is CCCC(CNC(=O)C=Cc1ccc(C)cc1C)C(=O)O. The molecule has 2 N–H and O–H groups in total. The number of carbonyl (C=O) groups excluding carboxylic acids is 1. The van der Waals surface area contributed by atoms with Gasteiger partial charge >= 0.3 is 5.97 Å². The van der Waals surface area contributed by atoms with Crippen molar-refractivity contribution in [1.29, 1.82) is 0 Å². The molecule has 0 aliphatic heterocycles. The zero-order valence-electron chi connectivity index (χ0n) is 12.8. The largest absolute Gasteiger partial charge is 0.481 e. The number of carboxylic acids is 1. The highest BCUT2D eigenvalue weighted by molar-refractivity contribution is 5.92. The predicted molar refractivity (Wildman–Crippen MR) is 84.0 cm³/mol. The van der Waals surface area contributed by atoms with Crippen molar-refractivity contribution in [1.82, 2.24) is 5.32 Å². The minimum atomic E-state index is -0.865. The number of carboxylic acid groups (broad SMARTS) is 1. The summed E-state index contributed by atoms with van der Waals surface area (Å²) in [6, 6.07) is 6.01. The molecular formula is C17H23NO3. The fraction of sp³-hybridized carbons (Fsp3) is 0.412. The Hall–Kier alpha value is -2.10. The van der Waals surface area contributed by atoms with Crippen molar-refractivity contribution in [2.45, 2.75) is 33.6 Å². The number of hydrogen-bond acceptors (Lipinski definition) is 2. The van der Waals surface area contributed by atoms with Crippen LogP contribution in [0.1, 0.15) is 36.5 Å². The van der Waals surface area contributed by atoms with Crippen LogP contribution in [-0.2, 0) is 9.59 Å². The molecule has 0 aliphatic carbocycles. The molecule has 1 aromatic carbocycles. The number of rotatable bonds is 7. The van der Waals surface area contributed by atoms with E-state index in [1.54, 1.807) is 6.08 Å². The van der Waals surface area contributed by atoms with Crippen molar-refractivity contribution in [3.05, 3.63) is 41.0 Å². The number of amides is 1. The van der Waals surface area contributed by atoms with E-state index in [4.69, 9.17) is 5.11 Å². The first-order valence-corrected chi connectivity index (χ1v) is 7.20. The highest BCUT2D eigenvalue weighted by Crippen LogP contribution is 2.12. The molecule has 0 saturated heterocycles. The molecule has 1 amide bonds. The molecule has 1 aromatic rings. The summed E-state index contributed by atoms with van der Waals surface area (Å²) in [5, 5.41) is 11.7. The Balaban J connectivity index is 2.56. The van der Waals surface area contributed by atoms with Crippen LogP contribution in [0.4, 0.5) is 0 Å². The number of aliphatic carboxylic acids is 1. The molecule has 0 aliphatic rings. The fourth-order valence-electron chi connectivity index (χ4n) is 2.12. The van der Waals surface area contributed by atoms with Gasteiger partial charge in [0.2, 0.25) is 5.91 Å². The van der Waals surface area contributed by atoms with E-state index in [1.807, 2.05) is 32.9 Å². The van der Waals surface area contributed by atoms with Crippen molar-refractivity contribution < 1.29 is 14.7 Å². The van der Waals surface area contributed by atoms with Gasteiger partial charge in [0.1, 0.15) is 0 Å². The molecule has 4 nitrogen and oxygen atoms in total. The van der Waals surface area contributed by atoms with Gasteiger partial charge in [0.05, 0.1) is 5.92 Å². The predicted octanol–water partition coefficient (Wildman–Crippen LogP) is 2.93. The molecule has 114 valence electrons. The van der Waals surface area contributed by atoms with Gasteiger partial charge in [-0.15, -0.1) is 0 Å². The molecule has 0 spiro atoms. The molecule has 1 unspecified atom stereocenters. The van der Waals surface area contributed by atoms with Crippen molar-refractivity contribution in [3.8, 4) is 0 Å². The van der Waals surface area contributed by atoms with Crippen LogP contribution in [0.3, 0.4) is 0 Å². The summed E-state index contributed by atoms with van der Waals surface area (Å²) in [5.41, 5.74) is 3.27. The second kappa shape index (κ2) is 8.25. The van der Waals surface area contributed by atoms with Crippen LogP contribution >= 0.6 is 0 Å². The summed E-state index contributed by atoms with van der Waals surface area (Å²) < 4.78 is 0. The van der Waals surface area contributed by atoms with E-state index in [9.17, 15) is 9.59 Å². The highest BCUT2D eigenvalue weighted by atomic mass is 16.4. The van der Waals surface area contributed by atoms with Crippen molar-refractivity contribution in [3.63, 3.8) is 0 Å². The first-order valence-electron chi connectivity index (χ1n) is 7.20. The number of aryl methyl sites for hydroxylation is 2. The minimum absolute atomic E-state index is 0.166. The van der Waals surface area contributed by atoms with Gasteiger partial charge in [-0.05, 0) is 37.5 Å². The zero-order valence-corrected chi connectivity index (χ0v) is 12.8. The van der Waals surface area contributed by atoms with Crippen LogP contribution in [0, 0.1) is 19.8 Å². The molecule has 4 heteroatoms. The van der Waals surface area contributed by atoms with Gasteiger partial charge in [0.25, 0.3) is 0 Å². The van der Waals surface area contributed by atoms with E-state index in [0.717, 1.165) is 17.5 Å². The third-order valence-corrected chi connectivity index (χ3v) is 3.35. The lowest BCUT2D eigenvalue weighted by Crippen LogP contribution is -2.31. The zero-order chi connectivity index (χ0) is 15.8. The molecule has 1 rings (SSSR count). The Morgan fingerprint density at radius 3 is 2.62 bits per heavy atom. The van der Waals surface area contributed by atoms with E-state index >= 15 is 0 Å². The van der Waals surface area contributed by atoms with Crippen LogP contribution in [-0.4, -0.2) is 23.5 Å². The quantitative estimate of drug-likeness (QED) is 0.758. The van der Waals surface area contributed by atoms with Gasteiger partial charge < -0.3 is 10.4 Å². The van der Waals surface area contributed by atoms with Crippen LogP contribution < -0.4 is 5.32 Å². The van der Waals surface area contributed by atoms with E-state index < -0.39 is 11.9 Å². The van der Waals surface area contributed by atoms with E-state index in [2.05, 4.69) is 11.4 Å². The number of nitrogens with one attached hydrogen (secondary N) is 1. The van der Waals surface area contributed by atoms with Crippen molar-refractivity contribution in [2.75, 3.05) is 6.54 Å². The smallest absolute Gasteiger partial charge is 0.308 e. The second-order valence-corrected chi connectivity index (χ2v) is 5.26. The summed E-state index contributed by atoms with van der Waals surface area (Å²) in [6.45, 7) is 6.11. The molecular weight excluding hydrogens is 266 g/mol. The Kier molecular flexibility index (Phi) is 6.66. The maximum absolute atomic E-state index is 11.7. The van der Waals surface area contributed by atoms with Gasteiger partial charge in [-0.25, -0.2) is 0 Å². The standard InChI is InChI=1S/C17H23NO3/c1-4-5-15(17(20)21)11-18-16(19)9-8-14-7-6-12(2)10-13(14)3/h6-10,15H,4-5,11H2,1-3H3,(H,18,19)(H,20,21). The topological polar surface area (TPSA) is 66.4 Å². The van der Waals surface area contributed by atoms with Crippen molar-refractivity contribution >= 4 is 18.0 Å². The fourth-order valence-corrected chi connectivity index (χ4v) is 2.12. The van der Waals surface area contributed by atoms with Crippen LogP contribution in [0.5, 0.6) is 0 Å². The molecule has 0 bridgehead atoms. The summed E-state index contributed by atoms with van der Waals surface area (Å²) in [4.78, 5) is 22.7. The number of benzene rings is 1. The molecule has 21 heavy (non-hydrogen) atoms. The Morgan fingerprint density at radius 2 is 2.05 bits per heavy atom. The molecule has 0 aromatic heterocycles. The van der Waals surface area contributed by atoms with Gasteiger partial charge in [-0.3, -0.25) is 9.59 Å². The van der Waals surface area contributed by atoms with Gasteiger partial charge in [-0.2, -0.15) is 0 Å². The van der Waals surface area contributed by atoms with Crippen LogP contribution in [0.15, 0.2) is 24.3 Å². The first kappa shape index (κ1) is 17.0. The summed E-state index contributed by atoms with van der Waals surface area (Å²) in [7, 11) is 0. The van der Waals surface area contributed by atoms with Gasteiger partial charge in [0, 0.05) is 12.6 Å². The summed E-state index contributed by atoms with van der Waals surface area (Å²) in [6.07, 6.45) is 4.55. The normalized spacial score (nSPS) is 12.3. The summed E-state index contributed by atoms with van der Waals surface area (Å²) in [5.74, 6) is -1.65. The Morgan fingerprint density at radius 1 is 1.33 bits per heavy atom. The highest BCUT2D eigenvalue weighted by Gasteiger charge is 2.16. The average molecular weight is 289 g/mol. The van der Waals surface area contributed by atoms with Gasteiger partial charge in [-0.1, -0.05) is 37.1 Å². The molecule has 0 heterocycles. The van der Waals surface area contributed by atoms with E-state index in [1.165, 1.54) is 11.6 Å². The number of hydrogen-bond donors (Lipinski definition) is 2. The van der Waals surface area contributed by atoms with Crippen molar-refractivity contribution in [2.24, 2.45) is 5.92 Å². The maximum Gasteiger partial charge on any atom is 0.308 e. The molecule has 0 saturated carbocycles.